The molecule has 184 valence electrons. The number of ether oxygens (including phenoxy) is 1. The fourth-order valence-corrected chi connectivity index (χ4v) is 4.74. The molecule has 4 aromatic rings. The fourth-order valence-electron chi connectivity index (χ4n) is 4.74. The molecule has 3 heterocycles. The van der Waals surface area contributed by atoms with E-state index in [4.69, 9.17) is 4.74 Å². The molecule has 0 spiro atoms. The second-order valence-electron chi connectivity index (χ2n) is 9.05. The van der Waals surface area contributed by atoms with Crippen molar-refractivity contribution in [3.8, 4) is 5.75 Å². The van der Waals surface area contributed by atoms with Gasteiger partial charge in [-0.2, -0.15) is 0 Å². The maximum atomic E-state index is 13.6. The van der Waals surface area contributed by atoms with Crippen molar-refractivity contribution < 1.29 is 14.6 Å². The standard InChI is InChI=1S/C29H30N4O3/c34-24(21-36-27-12-4-11-26-25(27)10-6-14-31-26)20-32-15-17-33(18-16-32)29(35)28(22-7-2-1-3-8-22)23-9-5-13-30-19-23/h1-14,19,24,28,34H,15-18,20-21H2. The predicted molar refractivity (Wildman–Crippen MR) is 139 cm³/mol. The van der Waals surface area contributed by atoms with Gasteiger partial charge in [-0.3, -0.25) is 19.7 Å². The predicted octanol–water partition coefficient (Wildman–Crippen LogP) is 3.35. The molecule has 2 aromatic carbocycles. The number of benzene rings is 2. The summed E-state index contributed by atoms with van der Waals surface area (Å²) < 4.78 is 5.92. The van der Waals surface area contributed by atoms with Crippen LogP contribution in [0.3, 0.4) is 0 Å². The zero-order chi connectivity index (χ0) is 24.7. The van der Waals surface area contributed by atoms with E-state index < -0.39 is 6.10 Å². The Morgan fingerprint density at radius 3 is 2.44 bits per heavy atom. The quantitative estimate of drug-likeness (QED) is 0.415. The Balaban J connectivity index is 1.16. The van der Waals surface area contributed by atoms with Crippen LogP contribution in [0.2, 0.25) is 0 Å². The molecule has 2 aromatic heterocycles. The molecule has 2 unspecified atom stereocenters. The number of amides is 1. The number of nitrogens with zero attached hydrogens (tertiary/aromatic N) is 4. The van der Waals surface area contributed by atoms with Crippen LogP contribution in [0.5, 0.6) is 5.75 Å². The number of aliphatic hydroxyl groups is 1. The molecule has 1 saturated heterocycles. The summed E-state index contributed by atoms with van der Waals surface area (Å²) in [4.78, 5) is 26.3. The summed E-state index contributed by atoms with van der Waals surface area (Å²) in [7, 11) is 0. The number of carbonyl (C=O) groups is 1. The van der Waals surface area contributed by atoms with Gasteiger partial charge in [-0.1, -0.05) is 42.5 Å². The van der Waals surface area contributed by atoms with E-state index in [9.17, 15) is 9.90 Å². The zero-order valence-electron chi connectivity index (χ0n) is 20.1. The minimum absolute atomic E-state index is 0.0855. The highest BCUT2D eigenvalue weighted by atomic mass is 16.5. The Kier molecular flexibility index (Phi) is 7.50. The zero-order valence-corrected chi connectivity index (χ0v) is 20.1. The van der Waals surface area contributed by atoms with E-state index in [2.05, 4.69) is 14.9 Å². The molecule has 0 radical (unpaired) electrons. The fraction of sp³-hybridized carbons (Fsp3) is 0.276. The van der Waals surface area contributed by atoms with Gasteiger partial charge in [0, 0.05) is 56.7 Å². The second kappa shape index (κ2) is 11.3. The average Bonchev–Trinajstić information content (AvgIpc) is 2.93. The Hall–Kier alpha value is -3.81. The smallest absolute Gasteiger partial charge is 0.234 e. The molecular weight excluding hydrogens is 452 g/mol. The first kappa shape index (κ1) is 23.9. The van der Waals surface area contributed by atoms with E-state index in [-0.39, 0.29) is 18.4 Å². The van der Waals surface area contributed by atoms with Crippen LogP contribution in [-0.4, -0.2) is 76.2 Å². The Morgan fingerprint density at radius 2 is 1.67 bits per heavy atom. The maximum absolute atomic E-state index is 13.6. The lowest BCUT2D eigenvalue weighted by molar-refractivity contribution is -0.133. The molecule has 1 aliphatic rings. The molecule has 2 atom stereocenters. The molecule has 1 aliphatic heterocycles. The molecule has 0 bridgehead atoms. The number of piperazine rings is 1. The minimum atomic E-state index is -0.633. The average molecular weight is 483 g/mol. The van der Waals surface area contributed by atoms with E-state index in [0.717, 1.165) is 27.8 Å². The van der Waals surface area contributed by atoms with Gasteiger partial charge in [0.1, 0.15) is 18.5 Å². The van der Waals surface area contributed by atoms with Gasteiger partial charge in [0.05, 0.1) is 11.4 Å². The molecule has 1 fully saturated rings. The summed E-state index contributed by atoms with van der Waals surface area (Å²) in [6.45, 7) is 3.33. The van der Waals surface area contributed by atoms with Crippen LogP contribution in [0.15, 0.2) is 91.4 Å². The van der Waals surface area contributed by atoms with Crippen LogP contribution in [0.25, 0.3) is 10.9 Å². The van der Waals surface area contributed by atoms with E-state index in [1.165, 1.54) is 0 Å². The van der Waals surface area contributed by atoms with Crippen molar-refractivity contribution in [3.05, 3.63) is 103 Å². The lowest BCUT2D eigenvalue weighted by Gasteiger charge is -2.37. The summed E-state index contributed by atoms with van der Waals surface area (Å²) in [5.41, 5.74) is 2.73. The van der Waals surface area contributed by atoms with Gasteiger partial charge < -0.3 is 14.7 Å². The third-order valence-corrected chi connectivity index (χ3v) is 6.59. The highest BCUT2D eigenvalue weighted by Crippen LogP contribution is 2.27. The number of pyridine rings is 2. The highest BCUT2D eigenvalue weighted by Gasteiger charge is 2.30. The number of carbonyl (C=O) groups excluding carboxylic acids is 1. The molecule has 0 saturated carbocycles. The van der Waals surface area contributed by atoms with E-state index in [1.54, 1.807) is 18.6 Å². The number of rotatable bonds is 8. The maximum Gasteiger partial charge on any atom is 0.234 e. The van der Waals surface area contributed by atoms with Crippen molar-refractivity contribution in [2.24, 2.45) is 0 Å². The van der Waals surface area contributed by atoms with Gasteiger partial charge in [0.15, 0.2) is 0 Å². The largest absolute Gasteiger partial charge is 0.490 e. The SMILES string of the molecule is O=C(C(c1ccccc1)c1cccnc1)N1CCN(CC(O)COc2cccc3ncccc23)CC1. The molecule has 0 aliphatic carbocycles. The first-order chi connectivity index (χ1) is 17.7. The summed E-state index contributed by atoms with van der Waals surface area (Å²) in [6, 6.07) is 23.3. The van der Waals surface area contributed by atoms with Crippen LogP contribution in [0, 0.1) is 0 Å². The Labute approximate surface area is 211 Å². The second-order valence-corrected chi connectivity index (χ2v) is 9.05. The number of hydrogen-bond acceptors (Lipinski definition) is 6. The Bertz CT molecular complexity index is 1230. The topological polar surface area (TPSA) is 78.8 Å². The van der Waals surface area contributed by atoms with E-state index in [0.29, 0.717) is 32.7 Å². The van der Waals surface area contributed by atoms with Gasteiger partial charge in [0.2, 0.25) is 5.91 Å². The van der Waals surface area contributed by atoms with Crippen LogP contribution in [0.4, 0.5) is 0 Å². The van der Waals surface area contributed by atoms with Crippen molar-refractivity contribution >= 4 is 16.8 Å². The lowest BCUT2D eigenvalue weighted by atomic mass is 9.91. The van der Waals surface area contributed by atoms with Gasteiger partial charge in [-0.25, -0.2) is 0 Å². The van der Waals surface area contributed by atoms with Gasteiger partial charge in [0.25, 0.3) is 0 Å². The van der Waals surface area contributed by atoms with Crippen LogP contribution in [-0.2, 0) is 4.79 Å². The molecular formula is C29H30N4O3. The molecule has 1 N–H and O–H groups in total. The third-order valence-electron chi connectivity index (χ3n) is 6.59. The van der Waals surface area contributed by atoms with E-state index >= 15 is 0 Å². The first-order valence-electron chi connectivity index (χ1n) is 12.3. The summed E-state index contributed by atoms with van der Waals surface area (Å²) in [5.74, 6) is 0.431. The summed E-state index contributed by atoms with van der Waals surface area (Å²) in [5, 5.41) is 11.6. The van der Waals surface area contributed by atoms with E-state index in [1.807, 2.05) is 77.7 Å². The molecule has 7 nitrogen and oxygen atoms in total. The molecule has 36 heavy (non-hydrogen) atoms. The van der Waals surface area contributed by atoms with Crippen molar-refractivity contribution in [1.29, 1.82) is 0 Å². The molecule has 5 rings (SSSR count). The van der Waals surface area contributed by atoms with Crippen molar-refractivity contribution in [2.45, 2.75) is 12.0 Å². The van der Waals surface area contributed by atoms with Crippen molar-refractivity contribution in [1.82, 2.24) is 19.8 Å². The van der Waals surface area contributed by atoms with Crippen molar-refractivity contribution in [3.63, 3.8) is 0 Å². The summed E-state index contributed by atoms with van der Waals surface area (Å²) >= 11 is 0. The highest BCUT2D eigenvalue weighted by molar-refractivity contribution is 5.87. The number of hydrogen-bond donors (Lipinski definition) is 1. The molecule has 7 heteroatoms. The van der Waals surface area contributed by atoms with Gasteiger partial charge in [-0.15, -0.1) is 0 Å². The first-order valence-corrected chi connectivity index (χ1v) is 12.3. The number of fused-ring (bicyclic) bond motifs is 1. The lowest BCUT2D eigenvalue weighted by Crippen LogP contribution is -2.52. The normalized spacial score (nSPS) is 16.0. The van der Waals surface area contributed by atoms with Crippen LogP contribution < -0.4 is 4.74 Å². The van der Waals surface area contributed by atoms with Crippen LogP contribution >= 0.6 is 0 Å². The number of β-amino-alcohol motifs (C(OH)–C–C–N with tert-alkyl or cyclic N) is 1. The Morgan fingerprint density at radius 1 is 0.889 bits per heavy atom. The van der Waals surface area contributed by atoms with Crippen molar-refractivity contribution in [2.75, 3.05) is 39.3 Å². The minimum Gasteiger partial charge on any atom is -0.490 e. The van der Waals surface area contributed by atoms with Crippen LogP contribution in [0.1, 0.15) is 17.0 Å². The van der Waals surface area contributed by atoms with Gasteiger partial charge in [-0.05, 0) is 41.5 Å². The number of aromatic nitrogens is 2. The molecule has 1 amide bonds. The van der Waals surface area contributed by atoms with Gasteiger partial charge >= 0.3 is 0 Å². The summed E-state index contributed by atoms with van der Waals surface area (Å²) in [6.07, 6.45) is 4.62. The monoisotopic (exact) mass is 482 g/mol. The third kappa shape index (κ3) is 5.53. The number of aliphatic hydroxyl groups excluding tert-OH is 1.